The molecule has 3 nitrogen and oxygen atoms in total. The van der Waals surface area contributed by atoms with Crippen molar-refractivity contribution in [3.05, 3.63) is 40.9 Å². The van der Waals surface area contributed by atoms with Crippen LogP contribution in [0.15, 0.2) is 35.3 Å². The highest BCUT2D eigenvalue weighted by Gasteiger charge is 2.01. The number of hydrogen-bond donors (Lipinski definition) is 0. The van der Waals surface area contributed by atoms with Crippen LogP contribution in [0.4, 0.5) is 5.13 Å². The molecule has 2 rings (SSSR count). The number of rotatable bonds is 5. The van der Waals surface area contributed by atoms with Crippen LogP contribution < -0.4 is 0 Å². The van der Waals surface area contributed by atoms with Crippen LogP contribution in [-0.2, 0) is 6.42 Å². The Morgan fingerprint density at radius 3 is 2.82 bits per heavy atom. The van der Waals surface area contributed by atoms with Gasteiger partial charge in [-0.1, -0.05) is 55.0 Å². The number of aryl methyl sites for hydroxylation is 1. The Bertz CT molecular complexity index is 476. The first kappa shape index (κ1) is 11.9. The van der Waals surface area contributed by atoms with E-state index in [0.29, 0.717) is 0 Å². The van der Waals surface area contributed by atoms with E-state index in [1.807, 2.05) is 36.5 Å². The summed E-state index contributed by atoms with van der Waals surface area (Å²) in [5, 5.41) is 9.99. The summed E-state index contributed by atoms with van der Waals surface area (Å²) in [6.45, 7) is 2.18. The Kier molecular flexibility index (Phi) is 4.38. The number of benzene rings is 1. The van der Waals surface area contributed by atoms with Gasteiger partial charge in [0, 0.05) is 12.6 Å². The third kappa shape index (κ3) is 3.75. The fourth-order valence-corrected chi connectivity index (χ4v) is 2.12. The van der Waals surface area contributed by atoms with Crippen LogP contribution in [0.3, 0.4) is 0 Å². The molecule has 0 aliphatic heterocycles. The molecule has 88 valence electrons. The van der Waals surface area contributed by atoms with Gasteiger partial charge in [-0.25, -0.2) is 4.99 Å². The van der Waals surface area contributed by atoms with Crippen molar-refractivity contribution >= 4 is 22.7 Å². The van der Waals surface area contributed by atoms with Gasteiger partial charge in [-0.05, 0) is 12.0 Å². The van der Waals surface area contributed by atoms with Gasteiger partial charge < -0.3 is 0 Å². The number of aromatic nitrogens is 2. The molecule has 0 radical (unpaired) electrons. The lowest BCUT2D eigenvalue weighted by Crippen LogP contribution is -1.81. The van der Waals surface area contributed by atoms with E-state index in [-0.39, 0.29) is 0 Å². The van der Waals surface area contributed by atoms with E-state index in [1.165, 1.54) is 6.42 Å². The summed E-state index contributed by atoms with van der Waals surface area (Å²) in [4.78, 5) is 4.33. The van der Waals surface area contributed by atoms with Crippen LogP contribution >= 0.6 is 11.3 Å². The minimum Gasteiger partial charge on any atom is -0.226 e. The number of hydrogen-bond acceptors (Lipinski definition) is 4. The summed E-state index contributed by atoms with van der Waals surface area (Å²) in [6.07, 6.45) is 5.18. The van der Waals surface area contributed by atoms with Gasteiger partial charge in [0.1, 0.15) is 5.01 Å². The quantitative estimate of drug-likeness (QED) is 0.754. The van der Waals surface area contributed by atoms with Crippen molar-refractivity contribution in [2.75, 3.05) is 0 Å². The molecule has 0 saturated carbocycles. The second kappa shape index (κ2) is 6.25. The van der Waals surface area contributed by atoms with E-state index < -0.39 is 0 Å². The molecule has 0 spiro atoms. The molecule has 0 amide bonds. The van der Waals surface area contributed by atoms with Gasteiger partial charge in [0.2, 0.25) is 5.13 Å². The maximum atomic E-state index is 4.33. The Hall–Kier alpha value is -1.55. The Morgan fingerprint density at radius 1 is 1.24 bits per heavy atom. The minimum absolute atomic E-state index is 0.736. The largest absolute Gasteiger partial charge is 0.231 e. The van der Waals surface area contributed by atoms with Gasteiger partial charge in [0.15, 0.2) is 0 Å². The van der Waals surface area contributed by atoms with Crippen molar-refractivity contribution in [1.82, 2.24) is 10.2 Å². The predicted molar refractivity (Wildman–Crippen MR) is 72.2 cm³/mol. The fraction of sp³-hybridized carbons (Fsp3) is 0.308. The molecular formula is C13H15N3S. The summed E-state index contributed by atoms with van der Waals surface area (Å²) in [5.74, 6) is 0. The van der Waals surface area contributed by atoms with Gasteiger partial charge in [-0.2, -0.15) is 0 Å². The van der Waals surface area contributed by atoms with Crippen molar-refractivity contribution in [3.8, 4) is 0 Å². The average Bonchev–Trinajstić information content (AvgIpc) is 2.83. The Labute approximate surface area is 105 Å². The lowest BCUT2D eigenvalue weighted by Gasteiger charge is -1.89. The molecule has 17 heavy (non-hydrogen) atoms. The van der Waals surface area contributed by atoms with Crippen LogP contribution in [-0.4, -0.2) is 16.4 Å². The van der Waals surface area contributed by atoms with Crippen LogP contribution in [0.25, 0.3) is 0 Å². The molecular weight excluding hydrogens is 230 g/mol. The number of aliphatic imine (C=N–C) groups is 1. The van der Waals surface area contributed by atoms with Crippen molar-refractivity contribution < 1.29 is 0 Å². The second-order valence-corrected chi connectivity index (χ2v) is 4.79. The van der Waals surface area contributed by atoms with E-state index in [4.69, 9.17) is 0 Å². The summed E-state index contributed by atoms with van der Waals surface area (Å²) < 4.78 is 0. The monoisotopic (exact) mass is 245 g/mol. The summed E-state index contributed by atoms with van der Waals surface area (Å²) in [7, 11) is 0. The van der Waals surface area contributed by atoms with Crippen molar-refractivity contribution in [2.24, 2.45) is 4.99 Å². The van der Waals surface area contributed by atoms with Crippen molar-refractivity contribution in [1.29, 1.82) is 0 Å². The van der Waals surface area contributed by atoms with Gasteiger partial charge >= 0.3 is 0 Å². The maximum absolute atomic E-state index is 4.33. The molecule has 1 aromatic carbocycles. The highest BCUT2D eigenvalue weighted by Crippen LogP contribution is 2.19. The van der Waals surface area contributed by atoms with Gasteiger partial charge in [-0.15, -0.1) is 10.2 Å². The smallest absolute Gasteiger partial charge is 0.226 e. The lowest BCUT2D eigenvalue weighted by atomic mass is 10.2. The third-order valence-electron chi connectivity index (χ3n) is 2.32. The normalized spacial score (nSPS) is 11.1. The number of nitrogens with zero attached hydrogens (tertiary/aromatic N) is 3. The van der Waals surface area contributed by atoms with Crippen LogP contribution in [0.1, 0.15) is 30.3 Å². The molecule has 0 aliphatic rings. The molecule has 0 aliphatic carbocycles. The SMILES string of the molecule is CCCCc1nnc(N=Cc2ccccc2)s1. The lowest BCUT2D eigenvalue weighted by molar-refractivity contribution is 0.779. The zero-order chi connectivity index (χ0) is 11.9. The van der Waals surface area contributed by atoms with Crippen LogP contribution in [0.5, 0.6) is 0 Å². The van der Waals surface area contributed by atoms with E-state index >= 15 is 0 Å². The molecule has 1 aromatic heterocycles. The molecule has 0 bridgehead atoms. The molecule has 0 unspecified atom stereocenters. The highest BCUT2D eigenvalue weighted by molar-refractivity contribution is 7.14. The summed E-state index contributed by atoms with van der Waals surface area (Å²) in [6, 6.07) is 10.0. The Balaban J connectivity index is 1.99. The first-order valence-electron chi connectivity index (χ1n) is 5.80. The molecule has 0 fully saturated rings. The van der Waals surface area contributed by atoms with Crippen LogP contribution in [0, 0.1) is 0 Å². The zero-order valence-electron chi connectivity index (χ0n) is 9.84. The number of unbranched alkanes of at least 4 members (excludes halogenated alkanes) is 1. The topological polar surface area (TPSA) is 38.1 Å². The fourth-order valence-electron chi connectivity index (χ4n) is 1.39. The highest BCUT2D eigenvalue weighted by atomic mass is 32.1. The van der Waals surface area contributed by atoms with E-state index in [1.54, 1.807) is 11.3 Å². The second-order valence-electron chi connectivity index (χ2n) is 3.75. The Morgan fingerprint density at radius 2 is 2.06 bits per heavy atom. The molecule has 0 saturated heterocycles. The first-order chi connectivity index (χ1) is 8.38. The molecule has 2 aromatic rings. The average molecular weight is 245 g/mol. The third-order valence-corrected chi connectivity index (χ3v) is 3.22. The van der Waals surface area contributed by atoms with Crippen LogP contribution in [0.2, 0.25) is 0 Å². The van der Waals surface area contributed by atoms with Crippen molar-refractivity contribution in [3.63, 3.8) is 0 Å². The molecule has 1 heterocycles. The summed E-state index contributed by atoms with van der Waals surface area (Å²) >= 11 is 1.57. The van der Waals surface area contributed by atoms with E-state index in [0.717, 1.165) is 28.5 Å². The predicted octanol–water partition coefficient (Wildman–Crippen LogP) is 3.63. The van der Waals surface area contributed by atoms with E-state index in [9.17, 15) is 0 Å². The van der Waals surface area contributed by atoms with Gasteiger partial charge in [-0.3, -0.25) is 0 Å². The standard InChI is InChI=1S/C13H15N3S/c1-2-3-9-12-15-16-13(17-12)14-10-11-7-5-4-6-8-11/h4-8,10H,2-3,9H2,1H3. The molecule has 0 atom stereocenters. The molecule has 0 N–H and O–H groups in total. The first-order valence-corrected chi connectivity index (χ1v) is 6.61. The molecule has 4 heteroatoms. The van der Waals surface area contributed by atoms with Gasteiger partial charge in [0.05, 0.1) is 0 Å². The minimum atomic E-state index is 0.736. The van der Waals surface area contributed by atoms with E-state index in [2.05, 4.69) is 22.1 Å². The maximum Gasteiger partial charge on any atom is 0.231 e. The summed E-state index contributed by atoms with van der Waals surface area (Å²) in [5.41, 5.74) is 1.08. The van der Waals surface area contributed by atoms with Crippen molar-refractivity contribution in [2.45, 2.75) is 26.2 Å². The zero-order valence-corrected chi connectivity index (χ0v) is 10.7. The van der Waals surface area contributed by atoms with Gasteiger partial charge in [0.25, 0.3) is 0 Å².